The third-order valence-electron chi connectivity index (χ3n) is 1.48. The predicted molar refractivity (Wildman–Crippen MR) is 49.4 cm³/mol. The summed E-state index contributed by atoms with van der Waals surface area (Å²) in [6.07, 6.45) is -4.42. The summed E-state index contributed by atoms with van der Waals surface area (Å²) in [7, 11) is 1.37. The molecule has 80 valence electrons. The van der Waals surface area contributed by atoms with Crippen LogP contribution in [0.15, 0.2) is 11.8 Å². The minimum absolute atomic E-state index is 0.0415. The Hall–Kier alpha value is -1.11. The molecule has 0 spiro atoms. The van der Waals surface area contributed by atoms with Crippen molar-refractivity contribution in [1.82, 2.24) is 4.90 Å². The monoisotopic (exact) mass is 226 g/mol. The highest BCUT2D eigenvalue weighted by atomic mass is 32.1. The van der Waals surface area contributed by atoms with Crippen LogP contribution >= 0.6 is 12.2 Å². The highest BCUT2D eigenvalue weighted by molar-refractivity contribution is 7.80. The number of rotatable bonds is 2. The summed E-state index contributed by atoms with van der Waals surface area (Å²) >= 11 is 4.51. The molecule has 0 unspecified atom stereocenters. The van der Waals surface area contributed by atoms with E-state index >= 15 is 0 Å². The number of carbonyl (C=O) groups excluding carboxylic acids is 1. The Morgan fingerprint density at radius 2 is 1.93 bits per heavy atom. The minimum Gasteiger partial charge on any atom is -0.376 e. The standard InChI is InChI=1S/C7H9F3N2OS/c1-4(12(2)6(11)14)3-5(13)7(8,9)10/h3H,1-2H3,(H2,11,14)/b4-3+. The van der Waals surface area contributed by atoms with Gasteiger partial charge in [-0.05, 0) is 19.1 Å². The zero-order valence-electron chi connectivity index (χ0n) is 7.55. The maximum absolute atomic E-state index is 11.8. The Morgan fingerprint density at radius 1 is 1.50 bits per heavy atom. The Balaban J connectivity index is 4.69. The first-order chi connectivity index (χ1) is 6.16. The maximum Gasteiger partial charge on any atom is 0.454 e. The van der Waals surface area contributed by atoms with Crippen molar-refractivity contribution in [3.63, 3.8) is 0 Å². The predicted octanol–water partition coefficient (Wildman–Crippen LogP) is 1.20. The molecular formula is C7H9F3N2OS. The van der Waals surface area contributed by atoms with Crippen LogP contribution in [0.2, 0.25) is 0 Å². The molecule has 14 heavy (non-hydrogen) atoms. The molecule has 0 radical (unpaired) electrons. The molecule has 0 saturated heterocycles. The molecular weight excluding hydrogens is 217 g/mol. The molecule has 0 aliphatic rings. The molecule has 0 saturated carbocycles. The topological polar surface area (TPSA) is 46.3 Å². The fourth-order valence-corrected chi connectivity index (χ4v) is 0.686. The number of hydrogen-bond acceptors (Lipinski definition) is 2. The Morgan fingerprint density at radius 3 is 2.21 bits per heavy atom. The van der Waals surface area contributed by atoms with Gasteiger partial charge in [0.25, 0.3) is 5.78 Å². The van der Waals surface area contributed by atoms with Crippen molar-refractivity contribution in [2.45, 2.75) is 13.1 Å². The van der Waals surface area contributed by atoms with Gasteiger partial charge in [0.2, 0.25) is 0 Å². The molecule has 0 fully saturated rings. The van der Waals surface area contributed by atoms with Gasteiger partial charge in [0.05, 0.1) is 0 Å². The van der Waals surface area contributed by atoms with Crippen LogP contribution in [-0.2, 0) is 4.79 Å². The van der Waals surface area contributed by atoms with Crippen LogP contribution in [0, 0.1) is 0 Å². The van der Waals surface area contributed by atoms with Crippen LogP contribution in [0.4, 0.5) is 13.2 Å². The van der Waals surface area contributed by atoms with Gasteiger partial charge in [-0.3, -0.25) is 4.79 Å². The Kier molecular flexibility index (Phi) is 4.06. The smallest absolute Gasteiger partial charge is 0.376 e. The summed E-state index contributed by atoms with van der Waals surface area (Å²) in [5, 5.41) is -0.103. The van der Waals surface area contributed by atoms with E-state index in [9.17, 15) is 18.0 Å². The van der Waals surface area contributed by atoms with Gasteiger partial charge >= 0.3 is 6.18 Å². The molecule has 0 aromatic rings. The van der Waals surface area contributed by atoms with Gasteiger partial charge in [-0.15, -0.1) is 0 Å². The number of nitrogens with two attached hydrogens (primary N) is 1. The summed E-state index contributed by atoms with van der Waals surface area (Å²) in [6, 6.07) is 0. The molecule has 3 nitrogen and oxygen atoms in total. The number of hydrogen-bond donors (Lipinski definition) is 1. The van der Waals surface area contributed by atoms with Crippen LogP contribution < -0.4 is 5.73 Å². The molecule has 0 aliphatic carbocycles. The van der Waals surface area contributed by atoms with Crippen molar-refractivity contribution in [1.29, 1.82) is 0 Å². The lowest BCUT2D eigenvalue weighted by molar-refractivity contribution is -0.165. The summed E-state index contributed by atoms with van der Waals surface area (Å²) < 4.78 is 35.4. The second-order valence-corrected chi connectivity index (χ2v) is 2.96. The van der Waals surface area contributed by atoms with Crippen LogP contribution in [0.25, 0.3) is 0 Å². The fraction of sp³-hybridized carbons (Fsp3) is 0.429. The molecule has 7 heteroatoms. The van der Waals surface area contributed by atoms with E-state index < -0.39 is 12.0 Å². The van der Waals surface area contributed by atoms with Gasteiger partial charge in [0, 0.05) is 18.8 Å². The van der Waals surface area contributed by atoms with Crippen molar-refractivity contribution >= 4 is 23.1 Å². The van der Waals surface area contributed by atoms with E-state index in [4.69, 9.17) is 5.73 Å². The zero-order chi connectivity index (χ0) is 11.5. The number of nitrogens with zero attached hydrogens (tertiary/aromatic N) is 1. The summed E-state index contributed by atoms with van der Waals surface area (Å²) in [5.74, 6) is -1.93. The van der Waals surface area contributed by atoms with Crippen molar-refractivity contribution in [3.8, 4) is 0 Å². The number of alkyl halides is 3. The first kappa shape index (κ1) is 12.9. The van der Waals surface area contributed by atoms with E-state index in [0.29, 0.717) is 6.08 Å². The lowest BCUT2D eigenvalue weighted by atomic mass is 10.3. The van der Waals surface area contributed by atoms with Crippen molar-refractivity contribution < 1.29 is 18.0 Å². The first-order valence-electron chi connectivity index (χ1n) is 3.49. The zero-order valence-corrected chi connectivity index (χ0v) is 8.37. The van der Waals surface area contributed by atoms with E-state index in [1.165, 1.54) is 14.0 Å². The highest BCUT2D eigenvalue weighted by Crippen LogP contribution is 2.17. The lowest BCUT2D eigenvalue weighted by Gasteiger charge is -2.17. The molecule has 0 aliphatic heterocycles. The van der Waals surface area contributed by atoms with E-state index in [1.54, 1.807) is 0 Å². The average molecular weight is 226 g/mol. The summed E-state index contributed by atoms with van der Waals surface area (Å²) in [5.41, 5.74) is 5.19. The van der Waals surface area contributed by atoms with Crippen LogP contribution in [0.5, 0.6) is 0 Å². The molecule has 2 N–H and O–H groups in total. The van der Waals surface area contributed by atoms with Crippen LogP contribution in [-0.4, -0.2) is 29.0 Å². The van der Waals surface area contributed by atoms with Crippen LogP contribution in [0.1, 0.15) is 6.92 Å². The summed E-state index contributed by atoms with van der Waals surface area (Å²) in [6.45, 7) is 1.31. The second kappa shape index (κ2) is 4.41. The van der Waals surface area contributed by atoms with Crippen molar-refractivity contribution in [2.24, 2.45) is 5.73 Å². The van der Waals surface area contributed by atoms with E-state index in [2.05, 4.69) is 12.2 Å². The van der Waals surface area contributed by atoms with Gasteiger partial charge in [-0.1, -0.05) is 0 Å². The minimum atomic E-state index is -4.86. The van der Waals surface area contributed by atoms with Gasteiger partial charge in [0.1, 0.15) is 0 Å². The third kappa shape index (κ3) is 3.73. The molecule has 0 bridgehead atoms. The number of ketones is 1. The first-order valence-corrected chi connectivity index (χ1v) is 3.89. The van der Waals surface area contributed by atoms with Gasteiger partial charge in [-0.2, -0.15) is 13.2 Å². The lowest BCUT2D eigenvalue weighted by Crippen LogP contribution is -2.31. The largest absolute Gasteiger partial charge is 0.454 e. The number of thiocarbonyl (C=S) groups is 1. The molecule has 0 aromatic heterocycles. The van der Waals surface area contributed by atoms with Gasteiger partial charge in [0.15, 0.2) is 5.11 Å². The number of allylic oxidation sites excluding steroid dienone is 2. The third-order valence-corrected chi connectivity index (χ3v) is 1.75. The van der Waals surface area contributed by atoms with E-state index in [-0.39, 0.29) is 10.8 Å². The number of carbonyl (C=O) groups is 1. The SMILES string of the molecule is C/C(=C\C(=O)C(F)(F)F)N(C)C(N)=S. The van der Waals surface area contributed by atoms with E-state index in [0.717, 1.165) is 4.90 Å². The number of halogens is 3. The Bertz CT molecular complexity index is 285. The highest BCUT2D eigenvalue weighted by Gasteiger charge is 2.36. The second-order valence-electron chi connectivity index (χ2n) is 2.54. The van der Waals surface area contributed by atoms with Crippen molar-refractivity contribution in [2.75, 3.05) is 7.05 Å². The molecule has 0 aromatic carbocycles. The molecule has 0 heterocycles. The fourth-order valence-electron chi connectivity index (χ4n) is 0.542. The van der Waals surface area contributed by atoms with Crippen LogP contribution in [0.3, 0.4) is 0 Å². The quantitative estimate of drug-likeness (QED) is 0.567. The molecule has 0 amide bonds. The molecule has 0 rings (SSSR count). The van der Waals surface area contributed by atoms with E-state index in [1.807, 2.05) is 0 Å². The average Bonchev–Trinajstić information content (AvgIpc) is 2.00. The van der Waals surface area contributed by atoms with Gasteiger partial charge < -0.3 is 10.6 Å². The Labute approximate surface area is 84.4 Å². The maximum atomic E-state index is 11.8. The van der Waals surface area contributed by atoms with Gasteiger partial charge in [-0.25, -0.2) is 0 Å². The normalized spacial score (nSPS) is 12.5. The molecule has 0 atom stereocenters. The summed E-state index contributed by atoms with van der Waals surface area (Å²) in [4.78, 5) is 11.6. The van der Waals surface area contributed by atoms with Crippen molar-refractivity contribution in [3.05, 3.63) is 11.8 Å².